The Hall–Kier alpha value is -0.480. The molecule has 1 fully saturated rings. The Morgan fingerprint density at radius 3 is 2.72 bits per heavy atom. The lowest BCUT2D eigenvalue weighted by Crippen LogP contribution is -2.54. The van der Waals surface area contributed by atoms with Gasteiger partial charge in [0.1, 0.15) is 0 Å². The van der Waals surface area contributed by atoms with E-state index in [0.717, 1.165) is 18.8 Å². The third-order valence-electron chi connectivity index (χ3n) is 3.01. The molecule has 2 N–H and O–H groups in total. The number of ether oxygens (including phenoxy) is 1. The Morgan fingerprint density at radius 1 is 1.39 bits per heavy atom. The summed E-state index contributed by atoms with van der Waals surface area (Å²) in [7, 11) is 0. The zero-order chi connectivity index (χ0) is 13.3. The van der Waals surface area contributed by atoms with E-state index in [0.29, 0.717) is 16.6 Å². The molecule has 0 radical (unpaired) electrons. The number of morpholine rings is 1. The van der Waals surface area contributed by atoms with Crippen molar-refractivity contribution >= 4 is 28.9 Å². The van der Waals surface area contributed by atoms with E-state index in [1.165, 1.54) is 0 Å². The van der Waals surface area contributed by atoms with Crippen LogP contribution in [0.1, 0.15) is 13.8 Å². The van der Waals surface area contributed by atoms with E-state index in [-0.39, 0.29) is 11.7 Å². The van der Waals surface area contributed by atoms with E-state index in [1.807, 2.05) is 18.2 Å². The zero-order valence-electron chi connectivity index (χ0n) is 10.6. The van der Waals surface area contributed by atoms with Crippen molar-refractivity contribution in [2.45, 2.75) is 25.6 Å². The Balaban J connectivity index is 2.23. The second kappa shape index (κ2) is 5.25. The van der Waals surface area contributed by atoms with Crippen molar-refractivity contribution in [3.63, 3.8) is 0 Å². The molecule has 1 atom stereocenters. The molecular formula is C13H18Cl2N2O. The summed E-state index contributed by atoms with van der Waals surface area (Å²) in [6.07, 6.45) is 0.0446. The number of hydrogen-bond acceptors (Lipinski definition) is 3. The molecule has 100 valence electrons. The van der Waals surface area contributed by atoms with E-state index in [9.17, 15) is 0 Å². The average molecular weight is 289 g/mol. The number of rotatable bonds is 2. The number of anilines is 1. The molecule has 0 aromatic heterocycles. The van der Waals surface area contributed by atoms with Crippen molar-refractivity contribution in [3.8, 4) is 0 Å². The summed E-state index contributed by atoms with van der Waals surface area (Å²) >= 11 is 12.0. The van der Waals surface area contributed by atoms with Gasteiger partial charge in [0, 0.05) is 25.3 Å². The van der Waals surface area contributed by atoms with Crippen LogP contribution in [-0.4, -0.2) is 31.3 Å². The van der Waals surface area contributed by atoms with Gasteiger partial charge in [0.25, 0.3) is 0 Å². The SMILES string of the molecule is CC1(C)CN(c2ccc(Cl)c(Cl)c2)CC(CN)O1. The lowest BCUT2D eigenvalue weighted by atomic mass is 10.0. The fourth-order valence-electron chi connectivity index (χ4n) is 2.30. The van der Waals surface area contributed by atoms with Gasteiger partial charge in [0.05, 0.1) is 21.8 Å². The predicted molar refractivity (Wildman–Crippen MR) is 76.7 cm³/mol. The standard InChI is InChI=1S/C13H18Cl2N2O/c1-13(2)8-17(7-10(6-16)18-13)9-3-4-11(14)12(15)5-9/h3-5,10H,6-8,16H2,1-2H3. The Bertz CT molecular complexity index is 437. The van der Waals surface area contributed by atoms with Gasteiger partial charge in [0.2, 0.25) is 0 Å². The van der Waals surface area contributed by atoms with E-state index in [1.54, 1.807) is 0 Å². The zero-order valence-corrected chi connectivity index (χ0v) is 12.1. The molecule has 1 aromatic carbocycles. The topological polar surface area (TPSA) is 38.5 Å². The Kier molecular flexibility index (Phi) is 4.07. The van der Waals surface area contributed by atoms with Crippen molar-refractivity contribution in [2.75, 3.05) is 24.5 Å². The van der Waals surface area contributed by atoms with Crippen molar-refractivity contribution in [1.82, 2.24) is 0 Å². The number of hydrogen-bond donors (Lipinski definition) is 1. The molecule has 5 heteroatoms. The number of benzene rings is 1. The smallest absolute Gasteiger partial charge is 0.0879 e. The van der Waals surface area contributed by atoms with Crippen LogP contribution in [0.3, 0.4) is 0 Å². The van der Waals surface area contributed by atoms with Crippen LogP contribution >= 0.6 is 23.2 Å². The average Bonchev–Trinajstić information content (AvgIpc) is 2.30. The molecule has 1 unspecified atom stereocenters. The van der Waals surface area contributed by atoms with Gasteiger partial charge in [-0.2, -0.15) is 0 Å². The van der Waals surface area contributed by atoms with Gasteiger partial charge in [-0.25, -0.2) is 0 Å². The van der Waals surface area contributed by atoms with Crippen LogP contribution in [0, 0.1) is 0 Å². The lowest BCUT2D eigenvalue weighted by molar-refractivity contribution is -0.0788. The molecule has 1 aromatic rings. The maximum atomic E-state index is 6.06. The molecule has 0 spiro atoms. The first-order chi connectivity index (χ1) is 8.41. The molecule has 1 heterocycles. The molecule has 0 aliphatic carbocycles. The van der Waals surface area contributed by atoms with Crippen LogP contribution in [0.2, 0.25) is 10.0 Å². The predicted octanol–water partition coefficient (Wildman–Crippen LogP) is 2.94. The quantitative estimate of drug-likeness (QED) is 0.909. The summed E-state index contributed by atoms with van der Waals surface area (Å²) in [5.74, 6) is 0. The van der Waals surface area contributed by atoms with Crippen LogP contribution < -0.4 is 10.6 Å². The lowest BCUT2D eigenvalue weighted by Gasteiger charge is -2.43. The summed E-state index contributed by atoms with van der Waals surface area (Å²) in [6, 6.07) is 5.68. The third-order valence-corrected chi connectivity index (χ3v) is 3.75. The molecule has 1 aliphatic rings. The minimum absolute atomic E-state index is 0.0446. The highest BCUT2D eigenvalue weighted by Crippen LogP contribution is 2.30. The highest BCUT2D eigenvalue weighted by atomic mass is 35.5. The Morgan fingerprint density at radius 2 is 2.11 bits per heavy atom. The molecule has 18 heavy (non-hydrogen) atoms. The van der Waals surface area contributed by atoms with Crippen molar-refractivity contribution in [3.05, 3.63) is 28.2 Å². The van der Waals surface area contributed by atoms with Crippen LogP contribution in [0.25, 0.3) is 0 Å². The summed E-state index contributed by atoms with van der Waals surface area (Å²) in [4.78, 5) is 2.24. The summed E-state index contributed by atoms with van der Waals surface area (Å²) in [6.45, 7) is 6.24. The van der Waals surface area contributed by atoms with Crippen LogP contribution in [0.4, 0.5) is 5.69 Å². The summed E-state index contributed by atoms with van der Waals surface area (Å²) in [5.41, 5.74) is 6.56. The first kappa shape index (κ1) is 13.9. The van der Waals surface area contributed by atoms with Crippen molar-refractivity contribution < 1.29 is 4.74 Å². The molecule has 1 saturated heterocycles. The normalized spacial score (nSPS) is 23.2. The fraction of sp³-hybridized carbons (Fsp3) is 0.538. The third kappa shape index (κ3) is 3.09. The van der Waals surface area contributed by atoms with Gasteiger partial charge in [-0.1, -0.05) is 23.2 Å². The van der Waals surface area contributed by atoms with E-state index in [4.69, 9.17) is 33.7 Å². The minimum Gasteiger partial charge on any atom is -0.367 e. The minimum atomic E-state index is -0.214. The van der Waals surface area contributed by atoms with Crippen molar-refractivity contribution in [1.29, 1.82) is 0 Å². The van der Waals surface area contributed by atoms with Crippen LogP contribution in [0.5, 0.6) is 0 Å². The monoisotopic (exact) mass is 288 g/mol. The van der Waals surface area contributed by atoms with Crippen LogP contribution in [-0.2, 0) is 4.74 Å². The van der Waals surface area contributed by atoms with Gasteiger partial charge in [-0.3, -0.25) is 0 Å². The molecule has 0 saturated carbocycles. The van der Waals surface area contributed by atoms with E-state index >= 15 is 0 Å². The maximum absolute atomic E-state index is 6.06. The van der Waals surface area contributed by atoms with Crippen molar-refractivity contribution in [2.24, 2.45) is 5.73 Å². The van der Waals surface area contributed by atoms with Gasteiger partial charge in [0.15, 0.2) is 0 Å². The van der Waals surface area contributed by atoms with E-state index in [2.05, 4.69) is 18.7 Å². The molecule has 1 aliphatic heterocycles. The maximum Gasteiger partial charge on any atom is 0.0879 e. The van der Waals surface area contributed by atoms with Gasteiger partial charge in [-0.05, 0) is 32.0 Å². The summed E-state index contributed by atoms with van der Waals surface area (Å²) in [5, 5.41) is 1.14. The first-order valence-corrected chi connectivity index (χ1v) is 6.75. The molecule has 2 rings (SSSR count). The van der Waals surface area contributed by atoms with Gasteiger partial charge >= 0.3 is 0 Å². The second-order valence-corrected chi connectivity index (χ2v) is 6.03. The first-order valence-electron chi connectivity index (χ1n) is 5.99. The molecule has 0 bridgehead atoms. The Labute approximate surface area is 118 Å². The van der Waals surface area contributed by atoms with Gasteiger partial charge in [-0.15, -0.1) is 0 Å². The number of nitrogens with two attached hydrogens (primary N) is 1. The summed E-state index contributed by atoms with van der Waals surface area (Å²) < 4.78 is 5.90. The fourth-order valence-corrected chi connectivity index (χ4v) is 2.59. The highest BCUT2D eigenvalue weighted by molar-refractivity contribution is 6.42. The van der Waals surface area contributed by atoms with Gasteiger partial charge < -0.3 is 15.4 Å². The number of nitrogens with zero attached hydrogens (tertiary/aromatic N) is 1. The second-order valence-electron chi connectivity index (χ2n) is 5.21. The number of halogens is 2. The van der Waals surface area contributed by atoms with E-state index < -0.39 is 0 Å². The molecule has 3 nitrogen and oxygen atoms in total. The van der Waals surface area contributed by atoms with Crippen LogP contribution in [0.15, 0.2) is 18.2 Å². The highest BCUT2D eigenvalue weighted by Gasteiger charge is 2.32. The molecule has 0 amide bonds. The molecular weight excluding hydrogens is 271 g/mol. The largest absolute Gasteiger partial charge is 0.367 e.